The first-order valence-corrected chi connectivity index (χ1v) is 7.75. The summed E-state index contributed by atoms with van der Waals surface area (Å²) in [6, 6.07) is 0.350. The molecular weight excluding hydrogens is 240 g/mol. The van der Waals surface area contributed by atoms with Crippen LogP contribution in [0.2, 0.25) is 0 Å². The first-order chi connectivity index (χ1) is 9.13. The van der Waals surface area contributed by atoms with Gasteiger partial charge in [0.05, 0.1) is 6.10 Å². The van der Waals surface area contributed by atoms with E-state index in [1.807, 2.05) is 0 Å². The predicted octanol–water partition coefficient (Wildman–Crippen LogP) is 1.70. The van der Waals surface area contributed by atoms with Crippen LogP contribution >= 0.6 is 0 Å². The van der Waals surface area contributed by atoms with Crippen LogP contribution in [0, 0.1) is 11.8 Å². The fraction of sp³-hybridized carbons (Fsp3) is 0.933. The predicted molar refractivity (Wildman–Crippen MR) is 76.0 cm³/mol. The molecule has 2 N–H and O–H groups in total. The Morgan fingerprint density at radius 1 is 1.16 bits per heavy atom. The van der Waals surface area contributed by atoms with Crippen molar-refractivity contribution in [2.45, 2.75) is 58.1 Å². The molecular formula is C15H28N2O2. The van der Waals surface area contributed by atoms with Crippen LogP contribution in [0.4, 0.5) is 0 Å². The van der Waals surface area contributed by atoms with Crippen LogP contribution < -0.4 is 10.6 Å². The van der Waals surface area contributed by atoms with Gasteiger partial charge in [0.1, 0.15) is 6.61 Å². The van der Waals surface area contributed by atoms with E-state index in [2.05, 4.69) is 24.5 Å². The van der Waals surface area contributed by atoms with E-state index in [0.717, 1.165) is 50.6 Å². The van der Waals surface area contributed by atoms with Gasteiger partial charge in [-0.05, 0) is 57.0 Å². The molecule has 0 bridgehead atoms. The molecule has 1 amide bonds. The van der Waals surface area contributed by atoms with Crippen LogP contribution in [0.25, 0.3) is 0 Å². The quantitative estimate of drug-likeness (QED) is 0.816. The summed E-state index contributed by atoms with van der Waals surface area (Å²) < 4.78 is 5.69. The van der Waals surface area contributed by atoms with Crippen LogP contribution in [0.1, 0.15) is 46.0 Å². The molecule has 0 aromatic heterocycles. The molecule has 1 heterocycles. The van der Waals surface area contributed by atoms with Gasteiger partial charge in [-0.3, -0.25) is 4.79 Å². The minimum atomic E-state index is 0.0600. The van der Waals surface area contributed by atoms with Crippen molar-refractivity contribution in [1.82, 2.24) is 10.6 Å². The highest BCUT2D eigenvalue weighted by molar-refractivity contribution is 5.77. The molecule has 4 heteroatoms. The molecule has 110 valence electrons. The number of hydrogen-bond donors (Lipinski definition) is 2. The molecule has 1 aliphatic heterocycles. The average molecular weight is 268 g/mol. The third kappa shape index (κ3) is 5.11. The van der Waals surface area contributed by atoms with Crippen LogP contribution in [0.3, 0.4) is 0 Å². The lowest BCUT2D eigenvalue weighted by molar-refractivity contribution is -0.129. The van der Waals surface area contributed by atoms with Crippen molar-refractivity contribution in [3.8, 4) is 0 Å². The Kier molecular flexibility index (Phi) is 5.64. The summed E-state index contributed by atoms with van der Waals surface area (Å²) in [6.45, 7) is 6.79. The largest absolute Gasteiger partial charge is 0.368 e. The molecule has 2 aliphatic rings. The summed E-state index contributed by atoms with van der Waals surface area (Å²) in [5.41, 5.74) is 0. The first-order valence-electron chi connectivity index (χ1n) is 7.75. The molecule has 2 rings (SSSR count). The maximum atomic E-state index is 11.9. The molecule has 1 saturated carbocycles. The molecule has 0 aromatic carbocycles. The number of rotatable bonds is 4. The Morgan fingerprint density at radius 2 is 1.79 bits per heavy atom. The monoisotopic (exact) mass is 268 g/mol. The Balaban J connectivity index is 1.65. The summed E-state index contributed by atoms with van der Waals surface area (Å²) in [6.07, 6.45) is 5.82. The lowest BCUT2D eigenvalue weighted by atomic mass is 9.80. The Hall–Kier alpha value is -0.610. The zero-order chi connectivity index (χ0) is 13.7. The van der Waals surface area contributed by atoms with Crippen LogP contribution in [0.15, 0.2) is 0 Å². The molecule has 1 aliphatic carbocycles. The fourth-order valence-corrected chi connectivity index (χ4v) is 3.49. The Bertz CT molecular complexity index is 280. The highest BCUT2D eigenvalue weighted by Gasteiger charge is 2.25. The van der Waals surface area contributed by atoms with Crippen molar-refractivity contribution >= 4 is 5.91 Å². The number of hydrogen-bond acceptors (Lipinski definition) is 3. The van der Waals surface area contributed by atoms with E-state index in [-0.39, 0.29) is 18.6 Å². The first kappa shape index (κ1) is 14.8. The van der Waals surface area contributed by atoms with E-state index < -0.39 is 0 Å². The number of carbonyl (C=O) groups is 1. The third-order valence-electron chi connectivity index (χ3n) is 4.28. The van der Waals surface area contributed by atoms with Crippen LogP contribution in [0.5, 0.6) is 0 Å². The Morgan fingerprint density at radius 3 is 2.42 bits per heavy atom. The number of ether oxygens (including phenoxy) is 1. The van der Waals surface area contributed by atoms with Crippen molar-refractivity contribution < 1.29 is 9.53 Å². The maximum absolute atomic E-state index is 11.9. The lowest BCUT2D eigenvalue weighted by Crippen LogP contribution is -2.42. The minimum Gasteiger partial charge on any atom is -0.368 e. The zero-order valence-corrected chi connectivity index (χ0v) is 12.3. The van der Waals surface area contributed by atoms with Crippen molar-refractivity contribution in [1.29, 1.82) is 0 Å². The second kappa shape index (κ2) is 7.25. The molecule has 2 fully saturated rings. The van der Waals surface area contributed by atoms with Gasteiger partial charge in [-0.25, -0.2) is 0 Å². The number of piperidine rings is 1. The second-order valence-electron chi connectivity index (χ2n) is 6.44. The lowest BCUT2D eigenvalue weighted by Gasteiger charge is -2.32. The van der Waals surface area contributed by atoms with Gasteiger partial charge in [-0.2, -0.15) is 0 Å². The highest BCUT2D eigenvalue weighted by Crippen LogP contribution is 2.28. The van der Waals surface area contributed by atoms with Gasteiger partial charge in [0.25, 0.3) is 0 Å². The van der Waals surface area contributed by atoms with E-state index in [1.165, 1.54) is 6.42 Å². The molecule has 19 heavy (non-hydrogen) atoms. The van der Waals surface area contributed by atoms with E-state index in [9.17, 15) is 4.79 Å². The van der Waals surface area contributed by atoms with Crippen molar-refractivity contribution in [2.24, 2.45) is 11.8 Å². The molecule has 0 aromatic rings. The summed E-state index contributed by atoms with van der Waals surface area (Å²) in [5.74, 6) is 1.50. The number of nitrogens with one attached hydrogen (secondary N) is 2. The third-order valence-corrected chi connectivity index (χ3v) is 4.28. The summed E-state index contributed by atoms with van der Waals surface area (Å²) >= 11 is 0. The zero-order valence-electron chi connectivity index (χ0n) is 12.3. The van der Waals surface area contributed by atoms with E-state index in [1.54, 1.807) is 0 Å². The molecule has 2 atom stereocenters. The van der Waals surface area contributed by atoms with Crippen molar-refractivity contribution in [2.75, 3.05) is 19.7 Å². The minimum absolute atomic E-state index is 0.0600. The van der Waals surface area contributed by atoms with Gasteiger partial charge in [0.15, 0.2) is 0 Å². The van der Waals surface area contributed by atoms with E-state index in [0.29, 0.717) is 6.04 Å². The standard InChI is InChI=1S/C15H28N2O2/c1-11-7-12(2)9-13(8-11)17-15(18)10-19-14-3-5-16-6-4-14/h11-14,16H,3-10H2,1-2H3,(H,17,18). The topological polar surface area (TPSA) is 50.4 Å². The highest BCUT2D eigenvalue weighted by atomic mass is 16.5. The van der Waals surface area contributed by atoms with E-state index >= 15 is 0 Å². The second-order valence-corrected chi connectivity index (χ2v) is 6.44. The molecule has 0 radical (unpaired) electrons. The van der Waals surface area contributed by atoms with Gasteiger partial charge < -0.3 is 15.4 Å². The SMILES string of the molecule is CC1CC(C)CC(NC(=O)COC2CCNCC2)C1. The smallest absolute Gasteiger partial charge is 0.246 e. The summed E-state index contributed by atoms with van der Waals surface area (Å²) in [7, 11) is 0. The number of amides is 1. The molecule has 1 saturated heterocycles. The van der Waals surface area contributed by atoms with Gasteiger partial charge in [0, 0.05) is 6.04 Å². The normalized spacial score (nSPS) is 33.1. The molecule has 4 nitrogen and oxygen atoms in total. The average Bonchev–Trinajstić information content (AvgIpc) is 2.36. The van der Waals surface area contributed by atoms with Gasteiger partial charge in [-0.1, -0.05) is 13.8 Å². The van der Waals surface area contributed by atoms with Gasteiger partial charge in [-0.15, -0.1) is 0 Å². The fourth-order valence-electron chi connectivity index (χ4n) is 3.49. The summed E-state index contributed by atoms with van der Waals surface area (Å²) in [4.78, 5) is 11.9. The Labute approximate surface area is 116 Å². The van der Waals surface area contributed by atoms with Gasteiger partial charge >= 0.3 is 0 Å². The van der Waals surface area contributed by atoms with Crippen LogP contribution in [-0.2, 0) is 9.53 Å². The van der Waals surface area contributed by atoms with Crippen LogP contribution in [-0.4, -0.2) is 37.7 Å². The summed E-state index contributed by atoms with van der Waals surface area (Å²) in [5, 5.41) is 6.44. The van der Waals surface area contributed by atoms with E-state index in [4.69, 9.17) is 4.74 Å². The molecule has 2 unspecified atom stereocenters. The van der Waals surface area contributed by atoms with Crippen molar-refractivity contribution in [3.05, 3.63) is 0 Å². The van der Waals surface area contributed by atoms with Gasteiger partial charge in [0.2, 0.25) is 5.91 Å². The number of carbonyl (C=O) groups excluding carboxylic acids is 1. The molecule has 0 spiro atoms. The maximum Gasteiger partial charge on any atom is 0.246 e. The van der Waals surface area contributed by atoms with Crippen molar-refractivity contribution in [3.63, 3.8) is 0 Å².